The standard InChI is InChI=1S/C22H26N4O2/c1-13-14(2)23-19-7-6-16(10-18(13)19)22(28)25-8-3-9-26-17(12-25)11-20(24-26)21(27)15-4-5-15/h6-7,10-11,15,21,23,27H,3-5,8-9,12H2,1-2H3/t21-/m1/s1. The lowest BCUT2D eigenvalue weighted by Crippen LogP contribution is -2.30. The monoisotopic (exact) mass is 378 g/mol. The largest absolute Gasteiger partial charge is 0.386 e. The molecule has 1 atom stereocenters. The summed E-state index contributed by atoms with van der Waals surface area (Å²) < 4.78 is 1.97. The molecule has 146 valence electrons. The van der Waals surface area contributed by atoms with E-state index < -0.39 is 6.10 Å². The van der Waals surface area contributed by atoms with Crippen LogP contribution in [0.25, 0.3) is 10.9 Å². The predicted octanol–water partition coefficient (Wildman–Crippen LogP) is 3.47. The Hall–Kier alpha value is -2.60. The lowest BCUT2D eigenvalue weighted by atomic mass is 10.1. The molecule has 0 bridgehead atoms. The number of amides is 1. The third-order valence-corrected chi connectivity index (χ3v) is 6.25. The molecule has 0 unspecified atom stereocenters. The van der Waals surface area contributed by atoms with Gasteiger partial charge in [0.1, 0.15) is 6.10 Å². The number of H-pyrrole nitrogens is 1. The highest BCUT2D eigenvalue weighted by Gasteiger charge is 2.33. The van der Waals surface area contributed by atoms with E-state index in [1.807, 2.05) is 33.8 Å². The molecular weight excluding hydrogens is 352 g/mol. The van der Waals surface area contributed by atoms with Gasteiger partial charge in [-0.1, -0.05) is 0 Å². The molecule has 5 rings (SSSR count). The van der Waals surface area contributed by atoms with E-state index in [1.165, 1.54) is 5.56 Å². The van der Waals surface area contributed by atoms with Crippen molar-refractivity contribution in [2.75, 3.05) is 6.54 Å². The fraction of sp³-hybridized carbons (Fsp3) is 0.455. The molecule has 6 nitrogen and oxygen atoms in total. The number of fused-ring (bicyclic) bond motifs is 2. The average molecular weight is 378 g/mol. The van der Waals surface area contributed by atoms with E-state index in [2.05, 4.69) is 23.9 Å². The zero-order valence-electron chi connectivity index (χ0n) is 16.4. The highest BCUT2D eigenvalue weighted by atomic mass is 16.3. The van der Waals surface area contributed by atoms with Gasteiger partial charge in [0, 0.05) is 35.2 Å². The van der Waals surface area contributed by atoms with Crippen molar-refractivity contribution in [2.45, 2.75) is 52.3 Å². The Kier molecular flexibility index (Phi) is 4.05. The van der Waals surface area contributed by atoms with Crippen molar-refractivity contribution in [1.82, 2.24) is 19.7 Å². The Bertz CT molecular complexity index is 1060. The fourth-order valence-corrected chi connectivity index (χ4v) is 4.23. The van der Waals surface area contributed by atoms with E-state index in [-0.39, 0.29) is 5.91 Å². The van der Waals surface area contributed by atoms with Gasteiger partial charge in [-0.25, -0.2) is 0 Å². The fourth-order valence-electron chi connectivity index (χ4n) is 4.23. The van der Waals surface area contributed by atoms with Gasteiger partial charge < -0.3 is 15.0 Å². The molecule has 6 heteroatoms. The summed E-state index contributed by atoms with van der Waals surface area (Å²) in [6, 6.07) is 7.89. The lowest BCUT2D eigenvalue weighted by molar-refractivity contribution is 0.0746. The van der Waals surface area contributed by atoms with Crippen LogP contribution in [0.2, 0.25) is 0 Å². The first-order chi connectivity index (χ1) is 13.5. The number of nitrogens with zero attached hydrogens (tertiary/aromatic N) is 3. The third-order valence-electron chi connectivity index (χ3n) is 6.25. The Morgan fingerprint density at radius 1 is 1.25 bits per heavy atom. The molecule has 1 fully saturated rings. The number of benzene rings is 1. The Morgan fingerprint density at radius 2 is 2.07 bits per heavy atom. The Labute approximate surface area is 164 Å². The number of nitrogens with one attached hydrogen (secondary N) is 1. The molecule has 2 N–H and O–H groups in total. The maximum absolute atomic E-state index is 13.2. The van der Waals surface area contributed by atoms with Crippen molar-refractivity contribution in [3.8, 4) is 0 Å². The number of hydrogen-bond acceptors (Lipinski definition) is 3. The maximum atomic E-state index is 13.2. The first-order valence-corrected chi connectivity index (χ1v) is 10.1. The minimum atomic E-state index is -0.467. The van der Waals surface area contributed by atoms with Crippen LogP contribution in [0.3, 0.4) is 0 Å². The molecule has 1 saturated carbocycles. The number of rotatable bonds is 3. The topological polar surface area (TPSA) is 74.2 Å². The van der Waals surface area contributed by atoms with Gasteiger partial charge in [-0.2, -0.15) is 5.10 Å². The van der Waals surface area contributed by atoms with Gasteiger partial charge in [0.25, 0.3) is 5.91 Å². The SMILES string of the molecule is Cc1[nH]c2ccc(C(=O)N3CCCn4nc([C@H](O)C5CC5)cc4C3)cc2c1C. The predicted molar refractivity (Wildman–Crippen MR) is 107 cm³/mol. The van der Waals surface area contributed by atoms with Crippen molar-refractivity contribution >= 4 is 16.8 Å². The number of aromatic amines is 1. The van der Waals surface area contributed by atoms with E-state index in [0.717, 1.165) is 59.4 Å². The van der Waals surface area contributed by atoms with Gasteiger partial charge in [-0.05, 0) is 68.9 Å². The molecule has 0 radical (unpaired) electrons. The van der Waals surface area contributed by atoms with Crippen LogP contribution in [-0.4, -0.2) is 37.2 Å². The van der Waals surface area contributed by atoms with Crippen molar-refractivity contribution in [3.05, 3.63) is 52.5 Å². The lowest BCUT2D eigenvalue weighted by Gasteiger charge is -2.20. The summed E-state index contributed by atoms with van der Waals surface area (Å²) in [5.41, 5.74) is 5.89. The molecule has 0 spiro atoms. The van der Waals surface area contributed by atoms with Crippen LogP contribution >= 0.6 is 0 Å². The number of aliphatic hydroxyl groups excluding tert-OH is 1. The van der Waals surface area contributed by atoms with E-state index in [0.29, 0.717) is 19.0 Å². The quantitative estimate of drug-likeness (QED) is 0.733. The molecule has 2 aliphatic rings. The Balaban J connectivity index is 1.41. The number of carbonyl (C=O) groups excluding carboxylic acids is 1. The first-order valence-electron chi connectivity index (χ1n) is 10.1. The van der Waals surface area contributed by atoms with E-state index in [9.17, 15) is 9.90 Å². The molecule has 1 amide bonds. The molecule has 2 aromatic heterocycles. The van der Waals surface area contributed by atoms with Crippen LogP contribution in [0.4, 0.5) is 0 Å². The smallest absolute Gasteiger partial charge is 0.254 e. The normalized spacial score (nSPS) is 18.2. The van der Waals surface area contributed by atoms with E-state index in [4.69, 9.17) is 0 Å². The summed E-state index contributed by atoms with van der Waals surface area (Å²) in [4.78, 5) is 18.5. The summed E-state index contributed by atoms with van der Waals surface area (Å²) in [6.07, 6.45) is 2.55. The molecule has 1 aliphatic carbocycles. The van der Waals surface area contributed by atoms with Gasteiger partial charge in [0.05, 0.1) is 17.9 Å². The van der Waals surface area contributed by atoms with Crippen LogP contribution in [0.5, 0.6) is 0 Å². The highest BCUT2D eigenvalue weighted by molar-refractivity contribution is 5.99. The maximum Gasteiger partial charge on any atom is 0.254 e. The molecule has 1 aliphatic heterocycles. The average Bonchev–Trinajstić information content (AvgIpc) is 3.45. The second kappa shape index (κ2) is 6.48. The van der Waals surface area contributed by atoms with Crippen LogP contribution in [0.15, 0.2) is 24.3 Å². The Morgan fingerprint density at radius 3 is 2.86 bits per heavy atom. The summed E-state index contributed by atoms with van der Waals surface area (Å²) in [6.45, 7) is 6.17. The molecule has 28 heavy (non-hydrogen) atoms. The molecule has 3 aromatic rings. The van der Waals surface area contributed by atoms with Gasteiger partial charge in [-0.15, -0.1) is 0 Å². The van der Waals surface area contributed by atoms with Crippen LogP contribution in [0.1, 0.15) is 58.4 Å². The first kappa shape index (κ1) is 17.5. The zero-order valence-corrected chi connectivity index (χ0v) is 16.4. The van der Waals surface area contributed by atoms with Crippen molar-refractivity contribution in [3.63, 3.8) is 0 Å². The second-order valence-electron chi connectivity index (χ2n) is 8.28. The molecule has 1 aromatic carbocycles. The van der Waals surface area contributed by atoms with E-state index >= 15 is 0 Å². The van der Waals surface area contributed by atoms with Gasteiger partial charge >= 0.3 is 0 Å². The van der Waals surface area contributed by atoms with Gasteiger partial charge in [0.15, 0.2) is 0 Å². The third kappa shape index (κ3) is 2.92. The zero-order chi connectivity index (χ0) is 19.4. The minimum absolute atomic E-state index is 0.0547. The number of aliphatic hydroxyl groups is 1. The van der Waals surface area contributed by atoms with Crippen LogP contribution < -0.4 is 0 Å². The van der Waals surface area contributed by atoms with E-state index in [1.54, 1.807) is 0 Å². The second-order valence-corrected chi connectivity index (χ2v) is 8.28. The minimum Gasteiger partial charge on any atom is -0.386 e. The van der Waals surface area contributed by atoms with Crippen molar-refractivity contribution < 1.29 is 9.90 Å². The summed E-state index contributed by atoms with van der Waals surface area (Å²) in [5.74, 6) is 0.413. The van der Waals surface area contributed by atoms with Crippen molar-refractivity contribution in [1.29, 1.82) is 0 Å². The number of aryl methyl sites for hydroxylation is 3. The summed E-state index contributed by atoms with van der Waals surface area (Å²) >= 11 is 0. The molecular formula is C22H26N4O2. The number of carbonyl (C=O) groups is 1. The number of hydrogen-bond donors (Lipinski definition) is 2. The molecule has 0 saturated heterocycles. The van der Waals surface area contributed by atoms with Gasteiger partial charge in [0.2, 0.25) is 0 Å². The summed E-state index contributed by atoms with van der Waals surface area (Å²) in [5, 5.41) is 16.1. The number of aromatic nitrogens is 3. The summed E-state index contributed by atoms with van der Waals surface area (Å²) in [7, 11) is 0. The van der Waals surface area contributed by atoms with Crippen LogP contribution in [-0.2, 0) is 13.1 Å². The highest BCUT2D eigenvalue weighted by Crippen LogP contribution is 2.40. The van der Waals surface area contributed by atoms with Crippen molar-refractivity contribution in [2.24, 2.45) is 5.92 Å². The van der Waals surface area contributed by atoms with Crippen LogP contribution in [0, 0.1) is 19.8 Å². The van der Waals surface area contributed by atoms with Gasteiger partial charge in [-0.3, -0.25) is 9.48 Å². The molecule has 3 heterocycles.